The number of methoxy groups -OCH3 is 2. The molecule has 0 aliphatic heterocycles. The first kappa shape index (κ1) is 17.7. The number of hydrogen-bond donors (Lipinski definition) is 0. The van der Waals surface area contributed by atoms with E-state index in [2.05, 4.69) is 0 Å². The van der Waals surface area contributed by atoms with Gasteiger partial charge >= 0.3 is 0 Å². The number of hydrogen-bond acceptors (Lipinski definition) is 4. The van der Waals surface area contributed by atoms with Crippen molar-refractivity contribution >= 4 is 5.91 Å². The van der Waals surface area contributed by atoms with E-state index in [9.17, 15) is 4.79 Å². The Morgan fingerprint density at radius 2 is 1.71 bits per heavy atom. The van der Waals surface area contributed by atoms with Crippen molar-refractivity contribution in [2.45, 2.75) is 13.5 Å². The average Bonchev–Trinajstić information content (AvgIpc) is 2.61. The maximum absolute atomic E-state index is 12.7. The van der Waals surface area contributed by atoms with Crippen molar-refractivity contribution in [3.63, 3.8) is 0 Å². The molecule has 128 valence electrons. The molecule has 2 aromatic rings. The topological polar surface area (TPSA) is 48.0 Å². The van der Waals surface area contributed by atoms with Gasteiger partial charge < -0.3 is 19.1 Å². The highest BCUT2D eigenvalue weighted by Crippen LogP contribution is 2.28. The van der Waals surface area contributed by atoms with Gasteiger partial charge in [-0.25, -0.2) is 0 Å². The summed E-state index contributed by atoms with van der Waals surface area (Å²) in [6, 6.07) is 12.9. The zero-order valence-electron chi connectivity index (χ0n) is 14.5. The second-order valence-electron chi connectivity index (χ2n) is 5.28. The highest BCUT2D eigenvalue weighted by molar-refractivity contribution is 5.96. The molecule has 0 aliphatic rings. The van der Waals surface area contributed by atoms with E-state index in [0.29, 0.717) is 36.0 Å². The van der Waals surface area contributed by atoms with Crippen molar-refractivity contribution in [3.05, 3.63) is 53.6 Å². The molecule has 0 aliphatic carbocycles. The van der Waals surface area contributed by atoms with E-state index in [0.717, 1.165) is 5.56 Å². The molecular formula is C19H23NO4. The van der Waals surface area contributed by atoms with Crippen molar-refractivity contribution in [1.82, 2.24) is 4.90 Å². The number of para-hydroxylation sites is 1. The third-order valence-electron chi connectivity index (χ3n) is 3.63. The van der Waals surface area contributed by atoms with E-state index in [1.165, 1.54) is 0 Å². The summed E-state index contributed by atoms with van der Waals surface area (Å²) in [4.78, 5) is 14.4. The Morgan fingerprint density at radius 3 is 2.38 bits per heavy atom. The minimum atomic E-state index is -0.0890. The van der Waals surface area contributed by atoms with E-state index < -0.39 is 0 Å². The molecule has 0 aromatic heterocycles. The lowest BCUT2D eigenvalue weighted by atomic mass is 10.1. The summed E-state index contributed by atoms with van der Waals surface area (Å²) in [5, 5.41) is 0. The molecule has 5 nitrogen and oxygen atoms in total. The molecule has 2 rings (SSSR count). The van der Waals surface area contributed by atoms with Crippen LogP contribution in [0, 0.1) is 0 Å². The maximum Gasteiger partial charge on any atom is 0.257 e. The molecule has 0 fully saturated rings. The van der Waals surface area contributed by atoms with E-state index in [-0.39, 0.29) is 5.91 Å². The van der Waals surface area contributed by atoms with Crippen LogP contribution in [0.3, 0.4) is 0 Å². The van der Waals surface area contributed by atoms with Gasteiger partial charge in [0.1, 0.15) is 5.75 Å². The summed E-state index contributed by atoms with van der Waals surface area (Å²) in [7, 11) is 4.95. The lowest BCUT2D eigenvalue weighted by Crippen LogP contribution is -2.26. The van der Waals surface area contributed by atoms with E-state index >= 15 is 0 Å². The molecule has 24 heavy (non-hydrogen) atoms. The lowest BCUT2D eigenvalue weighted by Gasteiger charge is -2.20. The molecule has 0 N–H and O–H groups in total. The largest absolute Gasteiger partial charge is 0.493 e. The van der Waals surface area contributed by atoms with Crippen molar-refractivity contribution in [2.24, 2.45) is 0 Å². The first-order chi connectivity index (χ1) is 11.6. The second kappa shape index (κ2) is 8.24. The van der Waals surface area contributed by atoms with Crippen molar-refractivity contribution in [1.29, 1.82) is 0 Å². The van der Waals surface area contributed by atoms with Gasteiger partial charge in [0, 0.05) is 13.6 Å². The van der Waals surface area contributed by atoms with E-state index in [4.69, 9.17) is 14.2 Å². The molecule has 5 heteroatoms. The SMILES string of the molecule is CCOc1ccccc1C(=O)N(C)Cc1ccc(OC)c(OC)c1. The molecule has 0 saturated carbocycles. The van der Waals surface area contributed by atoms with Crippen molar-refractivity contribution < 1.29 is 19.0 Å². The minimum Gasteiger partial charge on any atom is -0.493 e. The molecule has 0 radical (unpaired) electrons. The Balaban J connectivity index is 2.17. The summed E-state index contributed by atoms with van der Waals surface area (Å²) in [5.74, 6) is 1.82. The normalized spacial score (nSPS) is 10.2. The number of amides is 1. The molecule has 0 spiro atoms. The minimum absolute atomic E-state index is 0.0890. The zero-order chi connectivity index (χ0) is 17.5. The van der Waals surface area contributed by atoms with Gasteiger partial charge in [0.25, 0.3) is 5.91 Å². The monoisotopic (exact) mass is 329 g/mol. The van der Waals surface area contributed by atoms with Crippen LogP contribution in [0.15, 0.2) is 42.5 Å². The molecule has 0 heterocycles. The number of benzene rings is 2. The van der Waals surface area contributed by atoms with Crippen LogP contribution in [0.4, 0.5) is 0 Å². The number of carbonyl (C=O) groups is 1. The van der Waals surface area contributed by atoms with Gasteiger partial charge in [-0.2, -0.15) is 0 Å². The van der Waals surface area contributed by atoms with Crippen LogP contribution < -0.4 is 14.2 Å². The quantitative estimate of drug-likeness (QED) is 0.781. The fourth-order valence-corrected chi connectivity index (χ4v) is 2.45. The smallest absolute Gasteiger partial charge is 0.257 e. The summed E-state index contributed by atoms with van der Waals surface area (Å²) < 4.78 is 16.1. The Labute approximate surface area is 142 Å². The third kappa shape index (κ3) is 3.98. The van der Waals surface area contributed by atoms with Crippen LogP contribution in [-0.2, 0) is 6.54 Å². The molecular weight excluding hydrogens is 306 g/mol. The van der Waals surface area contributed by atoms with Gasteiger partial charge in [-0.3, -0.25) is 4.79 Å². The molecule has 2 aromatic carbocycles. The Hall–Kier alpha value is -2.69. The van der Waals surface area contributed by atoms with Crippen LogP contribution >= 0.6 is 0 Å². The Bertz CT molecular complexity index is 700. The number of rotatable bonds is 7. The molecule has 0 atom stereocenters. The van der Waals surface area contributed by atoms with Crippen LogP contribution in [0.2, 0.25) is 0 Å². The first-order valence-corrected chi connectivity index (χ1v) is 7.78. The van der Waals surface area contributed by atoms with Crippen LogP contribution in [0.1, 0.15) is 22.8 Å². The highest BCUT2D eigenvalue weighted by atomic mass is 16.5. The molecule has 0 saturated heterocycles. The summed E-state index contributed by atoms with van der Waals surface area (Å²) >= 11 is 0. The van der Waals surface area contributed by atoms with Gasteiger partial charge in [-0.1, -0.05) is 18.2 Å². The Morgan fingerprint density at radius 1 is 1.00 bits per heavy atom. The van der Waals surface area contributed by atoms with Crippen molar-refractivity contribution in [3.8, 4) is 17.2 Å². The predicted molar refractivity (Wildman–Crippen MR) is 93.0 cm³/mol. The summed E-state index contributed by atoms with van der Waals surface area (Å²) in [5.41, 5.74) is 1.51. The van der Waals surface area contributed by atoms with Gasteiger partial charge in [-0.15, -0.1) is 0 Å². The van der Waals surface area contributed by atoms with E-state index in [1.807, 2.05) is 37.3 Å². The maximum atomic E-state index is 12.7. The van der Waals surface area contributed by atoms with Crippen LogP contribution in [0.25, 0.3) is 0 Å². The van der Waals surface area contributed by atoms with Crippen LogP contribution in [0.5, 0.6) is 17.2 Å². The lowest BCUT2D eigenvalue weighted by molar-refractivity contribution is 0.0781. The first-order valence-electron chi connectivity index (χ1n) is 7.78. The predicted octanol–water partition coefficient (Wildman–Crippen LogP) is 3.37. The third-order valence-corrected chi connectivity index (χ3v) is 3.63. The molecule has 0 unspecified atom stereocenters. The molecule has 1 amide bonds. The van der Waals surface area contributed by atoms with Gasteiger partial charge in [-0.05, 0) is 36.8 Å². The van der Waals surface area contributed by atoms with Crippen molar-refractivity contribution in [2.75, 3.05) is 27.9 Å². The average molecular weight is 329 g/mol. The highest BCUT2D eigenvalue weighted by Gasteiger charge is 2.17. The standard InChI is InChI=1S/C19H23NO4/c1-5-24-16-9-7-6-8-15(16)19(21)20(2)13-14-10-11-17(22-3)18(12-14)23-4/h6-12H,5,13H2,1-4H3. The van der Waals surface area contributed by atoms with E-state index in [1.54, 1.807) is 38.3 Å². The summed E-state index contributed by atoms with van der Waals surface area (Å²) in [6.07, 6.45) is 0. The van der Waals surface area contributed by atoms with Crippen LogP contribution in [-0.4, -0.2) is 38.7 Å². The molecule has 0 bridgehead atoms. The zero-order valence-corrected chi connectivity index (χ0v) is 14.5. The second-order valence-corrected chi connectivity index (χ2v) is 5.28. The Kier molecular flexibility index (Phi) is 6.07. The summed E-state index contributed by atoms with van der Waals surface area (Å²) in [6.45, 7) is 2.87. The van der Waals surface area contributed by atoms with Gasteiger partial charge in [0.15, 0.2) is 11.5 Å². The number of ether oxygens (including phenoxy) is 3. The van der Waals surface area contributed by atoms with Gasteiger partial charge in [0.2, 0.25) is 0 Å². The number of nitrogens with zero attached hydrogens (tertiary/aromatic N) is 1. The fourth-order valence-electron chi connectivity index (χ4n) is 2.45. The number of carbonyl (C=O) groups excluding carboxylic acids is 1. The fraction of sp³-hybridized carbons (Fsp3) is 0.316. The van der Waals surface area contributed by atoms with Gasteiger partial charge in [0.05, 0.1) is 26.4 Å².